The first-order valence-electron chi connectivity index (χ1n) is 12.2. The third-order valence-corrected chi connectivity index (χ3v) is 6.48. The van der Waals surface area contributed by atoms with E-state index in [9.17, 15) is 9.59 Å². The van der Waals surface area contributed by atoms with Crippen LogP contribution in [-0.4, -0.2) is 71.4 Å². The number of imidazole rings is 1. The summed E-state index contributed by atoms with van der Waals surface area (Å²) in [5.41, 5.74) is 2.38. The number of allylic oxidation sites excluding steroid dienone is 1. The van der Waals surface area contributed by atoms with E-state index in [4.69, 9.17) is 4.74 Å². The predicted octanol–water partition coefficient (Wildman–Crippen LogP) is 2.96. The van der Waals surface area contributed by atoms with Gasteiger partial charge in [0.2, 0.25) is 18.2 Å². The van der Waals surface area contributed by atoms with Crippen LogP contribution in [0, 0.1) is 24.7 Å². The van der Waals surface area contributed by atoms with Gasteiger partial charge in [-0.2, -0.15) is 0 Å². The maximum absolute atomic E-state index is 12.0. The molecule has 1 aromatic rings. The maximum atomic E-state index is 12.0. The second-order valence-electron chi connectivity index (χ2n) is 8.45. The van der Waals surface area contributed by atoms with Crippen LogP contribution < -0.4 is 5.32 Å². The van der Waals surface area contributed by atoms with Crippen molar-refractivity contribution in [2.24, 2.45) is 29.8 Å². The summed E-state index contributed by atoms with van der Waals surface area (Å²) in [5.74, 6) is 2.38. The number of hydrogen-bond acceptors (Lipinski definition) is 6. The van der Waals surface area contributed by atoms with Gasteiger partial charge in [-0.25, -0.2) is 4.98 Å². The number of hydrogen-bond donors (Lipinski definition) is 1. The zero-order valence-electron chi connectivity index (χ0n) is 22.1. The highest BCUT2D eigenvalue weighted by Gasteiger charge is 2.56. The van der Waals surface area contributed by atoms with Crippen LogP contribution in [0.25, 0.3) is 5.70 Å². The second-order valence-corrected chi connectivity index (χ2v) is 8.45. The zero-order chi connectivity index (χ0) is 26.1. The lowest BCUT2D eigenvalue weighted by Crippen LogP contribution is -2.32. The molecule has 0 bridgehead atoms. The minimum atomic E-state index is -0.0218. The van der Waals surface area contributed by atoms with Gasteiger partial charge < -0.3 is 24.4 Å². The van der Waals surface area contributed by atoms with Crippen molar-refractivity contribution in [2.45, 2.75) is 34.1 Å². The Balaban J connectivity index is 0.00000210. The van der Waals surface area contributed by atoms with Crippen molar-refractivity contribution >= 4 is 23.9 Å². The fourth-order valence-corrected chi connectivity index (χ4v) is 4.52. The van der Waals surface area contributed by atoms with Crippen LogP contribution in [-0.2, 0) is 21.4 Å². The van der Waals surface area contributed by atoms with Crippen LogP contribution in [0.5, 0.6) is 0 Å². The summed E-state index contributed by atoms with van der Waals surface area (Å²) in [6.07, 6.45) is 8.55. The van der Waals surface area contributed by atoms with Crippen molar-refractivity contribution in [1.29, 1.82) is 0 Å². The van der Waals surface area contributed by atoms with E-state index in [2.05, 4.69) is 21.9 Å². The van der Waals surface area contributed by atoms with Gasteiger partial charge in [-0.05, 0) is 37.2 Å². The molecule has 1 saturated heterocycles. The molecule has 9 nitrogen and oxygen atoms in total. The van der Waals surface area contributed by atoms with E-state index < -0.39 is 0 Å². The molecule has 2 heterocycles. The molecular formula is C26H40N6O3. The summed E-state index contributed by atoms with van der Waals surface area (Å²) in [5, 5.41) is 3.38. The van der Waals surface area contributed by atoms with Gasteiger partial charge in [0.15, 0.2) is 5.82 Å². The summed E-state index contributed by atoms with van der Waals surface area (Å²) in [4.78, 5) is 36.1. The number of rotatable bonds is 10. The van der Waals surface area contributed by atoms with Gasteiger partial charge in [0, 0.05) is 51.8 Å². The van der Waals surface area contributed by atoms with Crippen molar-refractivity contribution in [3.8, 4) is 0 Å². The number of ether oxygens (including phenoxy) is 1. The number of aliphatic imine (C=N–C) groups is 1. The lowest BCUT2D eigenvalue weighted by molar-refractivity contribution is -0.125. The highest BCUT2D eigenvalue weighted by Crippen LogP contribution is 2.52. The molecule has 35 heavy (non-hydrogen) atoms. The number of aromatic nitrogens is 2. The van der Waals surface area contributed by atoms with Gasteiger partial charge in [0.1, 0.15) is 0 Å². The maximum Gasteiger partial charge on any atom is 0.245 e. The van der Waals surface area contributed by atoms with E-state index in [0.29, 0.717) is 47.4 Å². The van der Waals surface area contributed by atoms with Gasteiger partial charge in [-0.15, -0.1) is 0 Å². The van der Waals surface area contributed by atoms with Crippen LogP contribution in [0.3, 0.4) is 0 Å². The summed E-state index contributed by atoms with van der Waals surface area (Å²) in [6.45, 7) is 13.6. The Morgan fingerprint density at radius 1 is 1.37 bits per heavy atom. The monoisotopic (exact) mass is 484 g/mol. The number of fused-ring (bicyclic) bond motifs is 1. The smallest absolute Gasteiger partial charge is 0.245 e. The summed E-state index contributed by atoms with van der Waals surface area (Å²) < 4.78 is 7.39. The SMILES string of the molecule is C=CC(=O)N1CC2C(CN(C=O)/C=C(/N/C(=C/CC)C(=NC)OC)c3ncc(C)n3C)C2C1.CC. The van der Waals surface area contributed by atoms with E-state index >= 15 is 0 Å². The standard InChI is InChI=1S/C24H34N6O3.C2H6/c1-7-9-20(24(25-4)33-6)27-21(23-26-10-16(3)28(23)5)14-29(15-31)11-17-18-12-30(13-19(17)18)22(32)8-2;1-2/h8-10,14-15,17-19,27H,2,7,11-13H2,1,3-6H3;1-2H3/b20-9+,21-14+,25-24?;. The molecule has 0 aromatic carbocycles. The number of piperidine rings is 1. The van der Waals surface area contributed by atoms with Crippen molar-refractivity contribution in [2.75, 3.05) is 33.8 Å². The second kappa shape index (κ2) is 12.9. The van der Waals surface area contributed by atoms with Crippen molar-refractivity contribution in [3.63, 3.8) is 0 Å². The normalized spacial score (nSPS) is 21.5. The van der Waals surface area contributed by atoms with Crippen molar-refractivity contribution in [1.82, 2.24) is 24.7 Å². The molecule has 3 rings (SSSR count). The van der Waals surface area contributed by atoms with Gasteiger partial charge in [0.05, 0.1) is 18.5 Å². The molecule has 1 aliphatic carbocycles. The molecule has 9 heteroatoms. The molecule has 2 unspecified atom stereocenters. The number of likely N-dealkylation sites (tertiary alicyclic amines) is 1. The van der Waals surface area contributed by atoms with Crippen LogP contribution in [0.2, 0.25) is 0 Å². The molecule has 2 fully saturated rings. The van der Waals surface area contributed by atoms with E-state index in [1.807, 2.05) is 50.3 Å². The Hall–Kier alpha value is -3.36. The minimum absolute atomic E-state index is 0.0218. The molecular weight excluding hydrogens is 444 g/mol. The van der Waals surface area contributed by atoms with E-state index in [1.54, 1.807) is 31.5 Å². The number of nitrogens with zero attached hydrogens (tertiary/aromatic N) is 5. The van der Waals surface area contributed by atoms with E-state index in [-0.39, 0.29) is 5.91 Å². The Bertz CT molecular complexity index is 981. The number of methoxy groups -OCH3 is 1. The number of carbonyl (C=O) groups excluding carboxylic acids is 2. The van der Waals surface area contributed by atoms with Gasteiger partial charge in [-0.3, -0.25) is 14.6 Å². The zero-order valence-corrected chi connectivity index (χ0v) is 22.1. The average molecular weight is 485 g/mol. The molecule has 2 atom stereocenters. The Morgan fingerprint density at radius 3 is 2.49 bits per heavy atom. The van der Waals surface area contributed by atoms with Crippen LogP contribution in [0.1, 0.15) is 38.7 Å². The lowest BCUT2D eigenvalue weighted by atomic mass is 10.2. The predicted molar refractivity (Wildman–Crippen MR) is 139 cm³/mol. The molecule has 0 spiro atoms. The number of carbonyl (C=O) groups is 2. The molecule has 2 aliphatic rings. The molecule has 1 aliphatic heterocycles. The average Bonchev–Trinajstić information content (AvgIpc) is 3.16. The van der Waals surface area contributed by atoms with Crippen LogP contribution >= 0.6 is 0 Å². The molecule has 192 valence electrons. The fourth-order valence-electron chi connectivity index (χ4n) is 4.52. The summed E-state index contributed by atoms with van der Waals surface area (Å²) in [6, 6.07) is 0. The topological polar surface area (TPSA) is 92.1 Å². The van der Waals surface area contributed by atoms with Crippen LogP contribution in [0.15, 0.2) is 41.8 Å². The first-order chi connectivity index (χ1) is 16.9. The Morgan fingerprint density at radius 2 is 2.03 bits per heavy atom. The summed E-state index contributed by atoms with van der Waals surface area (Å²) >= 11 is 0. The molecule has 1 aromatic heterocycles. The van der Waals surface area contributed by atoms with Gasteiger partial charge in [-0.1, -0.05) is 33.4 Å². The lowest BCUT2D eigenvalue weighted by Gasteiger charge is -2.21. The van der Waals surface area contributed by atoms with Crippen LogP contribution in [0.4, 0.5) is 0 Å². The quantitative estimate of drug-likeness (QED) is 0.239. The highest BCUT2D eigenvalue weighted by atomic mass is 16.5. The summed E-state index contributed by atoms with van der Waals surface area (Å²) in [7, 11) is 5.18. The van der Waals surface area contributed by atoms with Gasteiger partial charge >= 0.3 is 0 Å². The Kier molecular flexibility index (Phi) is 10.3. The van der Waals surface area contributed by atoms with Gasteiger partial charge in [0.25, 0.3) is 0 Å². The first-order valence-corrected chi connectivity index (χ1v) is 12.2. The third-order valence-electron chi connectivity index (χ3n) is 6.48. The molecule has 2 amide bonds. The molecule has 1 saturated carbocycles. The highest BCUT2D eigenvalue weighted by molar-refractivity contribution is 5.94. The molecule has 0 radical (unpaired) electrons. The third kappa shape index (κ3) is 6.41. The molecule has 1 N–H and O–H groups in total. The fraction of sp³-hybridized carbons (Fsp3) is 0.538. The Labute approximate surface area is 209 Å². The number of aryl methyl sites for hydroxylation is 1. The van der Waals surface area contributed by atoms with Crippen molar-refractivity contribution in [3.05, 3.63) is 48.3 Å². The van der Waals surface area contributed by atoms with E-state index in [1.165, 1.54) is 6.08 Å². The van der Waals surface area contributed by atoms with E-state index in [0.717, 1.165) is 31.6 Å². The number of amides is 2. The first kappa shape index (κ1) is 27.9. The van der Waals surface area contributed by atoms with Crippen molar-refractivity contribution < 1.29 is 14.3 Å². The number of nitrogens with one attached hydrogen (secondary N) is 1. The minimum Gasteiger partial charge on any atom is -0.480 e. The largest absolute Gasteiger partial charge is 0.480 e.